The first-order valence-corrected chi connectivity index (χ1v) is 8.70. The van der Waals surface area contributed by atoms with Gasteiger partial charge in [0.1, 0.15) is 12.4 Å². The van der Waals surface area contributed by atoms with E-state index in [0.29, 0.717) is 12.6 Å². The second-order valence-electron chi connectivity index (χ2n) is 6.44. The Labute approximate surface area is 148 Å². The van der Waals surface area contributed by atoms with Crippen molar-refractivity contribution < 1.29 is 9.47 Å². The number of rotatable bonds is 4. The Morgan fingerprint density at radius 2 is 2.04 bits per heavy atom. The Morgan fingerprint density at radius 1 is 1.16 bits per heavy atom. The highest BCUT2D eigenvalue weighted by molar-refractivity contribution is 5.83. The third kappa shape index (κ3) is 3.59. The molecule has 1 atom stereocenters. The van der Waals surface area contributed by atoms with Gasteiger partial charge in [-0.05, 0) is 36.8 Å². The van der Waals surface area contributed by atoms with E-state index in [1.54, 1.807) is 0 Å². The molecule has 4 nitrogen and oxygen atoms in total. The minimum atomic E-state index is 0.366. The molecule has 1 unspecified atom stereocenters. The zero-order valence-electron chi connectivity index (χ0n) is 14.4. The fraction of sp³-hybridized carbons (Fsp3) is 0.286. The van der Waals surface area contributed by atoms with Crippen LogP contribution in [0.5, 0.6) is 5.75 Å². The molecule has 1 saturated heterocycles. The topological polar surface area (TPSA) is 34.6 Å². The Bertz CT molecular complexity index is 851. The SMILES string of the molecule is CC1COCCN1c1cnc2ccc(OCc3ccccc3)cc2c1. The normalized spacial score (nSPS) is 17.6. The zero-order chi connectivity index (χ0) is 17.1. The average Bonchev–Trinajstić information content (AvgIpc) is 2.67. The Morgan fingerprint density at radius 3 is 2.88 bits per heavy atom. The maximum absolute atomic E-state index is 5.95. The van der Waals surface area contributed by atoms with E-state index in [1.165, 1.54) is 0 Å². The quantitative estimate of drug-likeness (QED) is 0.721. The monoisotopic (exact) mass is 334 g/mol. The molecule has 2 heterocycles. The number of hydrogen-bond donors (Lipinski definition) is 0. The van der Waals surface area contributed by atoms with Crippen LogP contribution in [0.2, 0.25) is 0 Å². The highest BCUT2D eigenvalue weighted by Crippen LogP contribution is 2.26. The maximum atomic E-state index is 5.95. The van der Waals surface area contributed by atoms with Crippen molar-refractivity contribution in [2.24, 2.45) is 0 Å². The molecule has 3 aromatic rings. The summed E-state index contributed by atoms with van der Waals surface area (Å²) in [6, 6.07) is 18.8. The van der Waals surface area contributed by atoms with Crippen LogP contribution in [0.25, 0.3) is 10.9 Å². The maximum Gasteiger partial charge on any atom is 0.120 e. The van der Waals surface area contributed by atoms with Gasteiger partial charge in [-0.1, -0.05) is 30.3 Å². The molecule has 0 amide bonds. The lowest BCUT2D eigenvalue weighted by Crippen LogP contribution is -2.43. The fourth-order valence-electron chi connectivity index (χ4n) is 3.20. The van der Waals surface area contributed by atoms with E-state index in [9.17, 15) is 0 Å². The second-order valence-corrected chi connectivity index (χ2v) is 6.44. The molecule has 2 aromatic carbocycles. The third-order valence-corrected chi connectivity index (χ3v) is 4.59. The lowest BCUT2D eigenvalue weighted by molar-refractivity contribution is 0.0989. The van der Waals surface area contributed by atoms with Crippen LogP contribution in [-0.2, 0) is 11.3 Å². The van der Waals surface area contributed by atoms with Crippen molar-refractivity contribution in [3.05, 3.63) is 66.4 Å². The summed E-state index contributed by atoms with van der Waals surface area (Å²) in [4.78, 5) is 6.97. The van der Waals surface area contributed by atoms with Crippen LogP contribution >= 0.6 is 0 Å². The summed E-state index contributed by atoms with van der Waals surface area (Å²) in [5, 5.41) is 1.10. The standard InChI is InChI=1S/C21H22N2O2/c1-16-14-24-10-9-23(16)19-11-18-12-20(7-8-21(18)22-13-19)25-15-17-5-3-2-4-6-17/h2-8,11-13,16H,9-10,14-15H2,1H3. The molecule has 128 valence electrons. The van der Waals surface area contributed by atoms with E-state index < -0.39 is 0 Å². The van der Waals surface area contributed by atoms with Crippen LogP contribution in [0, 0.1) is 0 Å². The minimum Gasteiger partial charge on any atom is -0.489 e. The first kappa shape index (κ1) is 15.9. The summed E-state index contributed by atoms with van der Waals surface area (Å²) in [6.07, 6.45) is 1.95. The molecule has 1 aromatic heterocycles. The second kappa shape index (κ2) is 7.11. The van der Waals surface area contributed by atoms with Crippen LogP contribution in [0.4, 0.5) is 5.69 Å². The van der Waals surface area contributed by atoms with Crippen molar-refractivity contribution in [1.29, 1.82) is 0 Å². The molecule has 4 rings (SSSR count). The van der Waals surface area contributed by atoms with E-state index in [-0.39, 0.29) is 0 Å². The summed E-state index contributed by atoms with van der Waals surface area (Å²) in [5.41, 5.74) is 3.29. The number of benzene rings is 2. The highest BCUT2D eigenvalue weighted by atomic mass is 16.5. The predicted octanol–water partition coefficient (Wildman–Crippen LogP) is 4.04. The van der Waals surface area contributed by atoms with Crippen molar-refractivity contribution in [3.8, 4) is 5.75 Å². The number of hydrogen-bond acceptors (Lipinski definition) is 4. The van der Waals surface area contributed by atoms with Gasteiger partial charge in [0.25, 0.3) is 0 Å². The van der Waals surface area contributed by atoms with Gasteiger partial charge in [0, 0.05) is 18.0 Å². The van der Waals surface area contributed by atoms with Crippen LogP contribution in [0.1, 0.15) is 12.5 Å². The van der Waals surface area contributed by atoms with E-state index >= 15 is 0 Å². The Kier molecular flexibility index (Phi) is 4.53. The first-order valence-electron chi connectivity index (χ1n) is 8.70. The van der Waals surface area contributed by atoms with Gasteiger partial charge in [0.05, 0.1) is 30.6 Å². The van der Waals surface area contributed by atoms with Gasteiger partial charge in [0.2, 0.25) is 0 Å². The average molecular weight is 334 g/mol. The van der Waals surface area contributed by atoms with Crippen molar-refractivity contribution in [1.82, 2.24) is 4.98 Å². The number of aromatic nitrogens is 1. The molecular weight excluding hydrogens is 312 g/mol. The molecule has 4 heteroatoms. The summed E-state index contributed by atoms with van der Waals surface area (Å²) < 4.78 is 11.5. The van der Waals surface area contributed by atoms with Crippen LogP contribution in [0.3, 0.4) is 0 Å². The van der Waals surface area contributed by atoms with Crippen LogP contribution in [0.15, 0.2) is 60.8 Å². The molecule has 0 radical (unpaired) electrons. The number of pyridine rings is 1. The van der Waals surface area contributed by atoms with Crippen molar-refractivity contribution >= 4 is 16.6 Å². The van der Waals surface area contributed by atoms with Crippen molar-refractivity contribution in [2.45, 2.75) is 19.6 Å². The van der Waals surface area contributed by atoms with Crippen LogP contribution < -0.4 is 9.64 Å². The van der Waals surface area contributed by atoms with Gasteiger partial charge < -0.3 is 14.4 Å². The van der Waals surface area contributed by atoms with Gasteiger partial charge in [-0.2, -0.15) is 0 Å². The van der Waals surface area contributed by atoms with Gasteiger partial charge in [-0.3, -0.25) is 4.98 Å². The molecule has 0 saturated carbocycles. The molecule has 1 aliphatic heterocycles. The summed E-state index contributed by atoms with van der Waals surface area (Å²) in [6.45, 7) is 5.18. The van der Waals surface area contributed by atoms with Gasteiger partial charge in [0.15, 0.2) is 0 Å². The van der Waals surface area contributed by atoms with E-state index in [1.807, 2.05) is 36.5 Å². The molecule has 1 aliphatic rings. The molecular formula is C21H22N2O2. The molecule has 0 aliphatic carbocycles. The molecule has 25 heavy (non-hydrogen) atoms. The first-order chi connectivity index (χ1) is 12.3. The van der Waals surface area contributed by atoms with Crippen molar-refractivity contribution in [3.63, 3.8) is 0 Å². The largest absolute Gasteiger partial charge is 0.489 e. The number of ether oxygens (including phenoxy) is 2. The summed E-state index contributed by atoms with van der Waals surface area (Å²) >= 11 is 0. The van der Waals surface area contributed by atoms with Gasteiger partial charge in [-0.15, -0.1) is 0 Å². The molecule has 0 spiro atoms. The predicted molar refractivity (Wildman–Crippen MR) is 100 cm³/mol. The van der Waals surface area contributed by atoms with E-state index in [2.05, 4.69) is 41.1 Å². The molecule has 1 fully saturated rings. The number of nitrogens with zero attached hydrogens (tertiary/aromatic N) is 2. The number of morpholine rings is 1. The fourth-order valence-corrected chi connectivity index (χ4v) is 3.20. The smallest absolute Gasteiger partial charge is 0.120 e. The van der Waals surface area contributed by atoms with Gasteiger partial charge in [-0.25, -0.2) is 0 Å². The number of anilines is 1. The highest BCUT2D eigenvalue weighted by Gasteiger charge is 2.19. The van der Waals surface area contributed by atoms with E-state index in [0.717, 1.165) is 47.7 Å². The summed E-state index contributed by atoms with van der Waals surface area (Å²) in [7, 11) is 0. The lowest BCUT2D eigenvalue weighted by atomic mass is 10.1. The number of fused-ring (bicyclic) bond motifs is 1. The Hall–Kier alpha value is -2.59. The van der Waals surface area contributed by atoms with Crippen molar-refractivity contribution in [2.75, 3.05) is 24.7 Å². The minimum absolute atomic E-state index is 0.366. The third-order valence-electron chi connectivity index (χ3n) is 4.59. The van der Waals surface area contributed by atoms with Crippen LogP contribution in [-0.4, -0.2) is 30.8 Å². The van der Waals surface area contributed by atoms with Gasteiger partial charge >= 0.3 is 0 Å². The summed E-state index contributed by atoms with van der Waals surface area (Å²) in [5.74, 6) is 0.866. The van der Waals surface area contributed by atoms with E-state index in [4.69, 9.17) is 9.47 Å². The lowest BCUT2D eigenvalue weighted by Gasteiger charge is -2.35. The zero-order valence-corrected chi connectivity index (χ0v) is 14.4. The molecule has 0 bridgehead atoms. The Balaban J connectivity index is 1.56. The molecule has 0 N–H and O–H groups in total.